The summed E-state index contributed by atoms with van der Waals surface area (Å²) in [7, 11) is 0. The molecule has 3 nitrogen and oxygen atoms in total. The fraction of sp³-hybridized carbons (Fsp3) is 0.100. The number of rotatable bonds is 3. The van der Waals surface area contributed by atoms with Gasteiger partial charge in [-0.25, -0.2) is 4.79 Å². The molecule has 2 rings (SSSR count). The van der Waals surface area contributed by atoms with Gasteiger partial charge in [-0.15, -0.1) is 0 Å². The summed E-state index contributed by atoms with van der Waals surface area (Å²) in [5.74, 6) is 0.630. The number of furan rings is 1. The smallest absolute Gasteiger partial charge is 0.417 e. The number of halogens is 1. The second-order valence-electron chi connectivity index (χ2n) is 2.77. The van der Waals surface area contributed by atoms with E-state index in [1.54, 1.807) is 0 Å². The highest BCUT2D eigenvalue weighted by molar-refractivity contribution is 14.1. The first-order chi connectivity index (χ1) is 6.79. The molecule has 14 heavy (non-hydrogen) atoms. The number of fused-ring (bicyclic) bond motifs is 1. The van der Waals surface area contributed by atoms with Crippen LogP contribution in [0.3, 0.4) is 0 Å². The molecule has 0 bridgehead atoms. The average Bonchev–Trinajstić information content (AvgIpc) is 2.56. The quantitative estimate of drug-likeness (QED) is 0.818. The van der Waals surface area contributed by atoms with Crippen LogP contribution in [0.25, 0.3) is 11.0 Å². The van der Waals surface area contributed by atoms with E-state index in [0.29, 0.717) is 5.76 Å². The van der Waals surface area contributed by atoms with Gasteiger partial charge in [0.1, 0.15) is 18.0 Å². The van der Waals surface area contributed by atoms with Crippen LogP contribution in [0, 0.1) is 3.57 Å². The molecule has 1 aromatic heterocycles. The Labute approximate surface area is 94.2 Å². The van der Waals surface area contributed by atoms with Gasteiger partial charge in [0.15, 0.2) is 0 Å². The summed E-state index contributed by atoms with van der Waals surface area (Å²) in [5.41, 5.74) is 0.807. The number of benzene rings is 1. The van der Waals surface area contributed by atoms with E-state index in [1.165, 1.54) is 6.47 Å². The molecule has 1 heterocycles. The number of hydrogen-bond acceptors (Lipinski definition) is 3. The van der Waals surface area contributed by atoms with Crippen molar-refractivity contribution in [2.75, 3.05) is 0 Å². The van der Waals surface area contributed by atoms with Crippen LogP contribution in [-0.4, -0.2) is 6.47 Å². The monoisotopic (exact) mass is 301 g/mol. The largest absolute Gasteiger partial charge is 0.457 e. The lowest BCUT2D eigenvalue weighted by Gasteiger charge is -1.90. The second-order valence-corrected chi connectivity index (χ2v) is 4.01. The van der Waals surface area contributed by atoms with Crippen molar-refractivity contribution in [1.82, 2.24) is 0 Å². The Balaban J connectivity index is 2.36. The van der Waals surface area contributed by atoms with E-state index in [2.05, 4.69) is 27.3 Å². The Bertz CT molecular complexity index is 461. The zero-order valence-corrected chi connectivity index (χ0v) is 9.28. The summed E-state index contributed by atoms with van der Waals surface area (Å²) in [4.78, 5) is 9.86. The molecule has 0 aliphatic heterocycles. The molecule has 0 aliphatic carbocycles. The van der Waals surface area contributed by atoms with Crippen LogP contribution >= 0.6 is 22.6 Å². The zero-order chi connectivity index (χ0) is 9.97. The number of ether oxygens (including phenoxy) is 1. The SMILES string of the molecule is O=[C]OCc1cc2ccc(I)cc2o1. The highest BCUT2D eigenvalue weighted by atomic mass is 127. The molecule has 0 N–H and O–H groups in total. The molecule has 0 fully saturated rings. The summed E-state index contributed by atoms with van der Waals surface area (Å²) in [5, 5.41) is 1.01. The zero-order valence-electron chi connectivity index (χ0n) is 7.12. The lowest BCUT2D eigenvalue weighted by atomic mass is 10.2. The van der Waals surface area contributed by atoms with E-state index in [0.717, 1.165) is 14.5 Å². The van der Waals surface area contributed by atoms with Crippen LogP contribution in [0.1, 0.15) is 5.76 Å². The Morgan fingerprint density at radius 1 is 1.43 bits per heavy atom. The topological polar surface area (TPSA) is 39.4 Å². The van der Waals surface area contributed by atoms with Gasteiger partial charge in [0.05, 0.1) is 0 Å². The van der Waals surface area contributed by atoms with Gasteiger partial charge in [0.2, 0.25) is 0 Å². The Morgan fingerprint density at radius 2 is 2.29 bits per heavy atom. The minimum Gasteiger partial charge on any atom is -0.457 e. The molecular formula is C10H6IO3. The minimum atomic E-state index is 0.134. The maximum absolute atomic E-state index is 9.86. The molecule has 71 valence electrons. The maximum atomic E-state index is 9.86. The fourth-order valence-electron chi connectivity index (χ4n) is 1.23. The van der Waals surface area contributed by atoms with Crippen molar-refractivity contribution in [3.8, 4) is 0 Å². The van der Waals surface area contributed by atoms with Gasteiger partial charge in [-0.05, 0) is 40.8 Å². The van der Waals surface area contributed by atoms with Gasteiger partial charge in [0.25, 0.3) is 0 Å². The minimum absolute atomic E-state index is 0.134. The first kappa shape index (κ1) is 9.51. The van der Waals surface area contributed by atoms with Gasteiger partial charge in [-0.3, -0.25) is 0 Å². The third-order valence-electron chi connectivity index (χ3n) is 1.81. The predicted octanol–water partition coefficient (Wildman–Crippen LogP) is 2.62. The lowest BCUT2D eigenvalue weighted by Crippen LogP contribution is -1.85. The van der Waals surface area contributed by atoms with Crippen LogP contribution in [0.15, 0.2) is 28.7 Å². The highest BCUT2D eigenvalue weighted by Crippen LogP contribution is 2.21. The number of hydrogen-bond donors (Lipinski definition) is 0. The molecule has 4 heteroatoms. The van der Waals surface area contributed by atoms with Crippen LogP contribution in [0.2, 0.25) is 0 Å². The average molecular weight is 301 g/mol. The van der Waals surface area contributed by atoms with Crippen molar-refractivity contribution in [2.45, 2.75) is 6.61 Å². The van der Waals surface area contributed by atoms with Gasteiger partial charge < -0.3 is 9.15 Å². The van der Waals surface area contributed by atoms with E-state index in [-0.39, 0.29) is 6.61 Å². The van der Waals surface area contributed by atoms with Crippen molar-refractivity contribution in [1.29, 1.82) is 0 Å². The van der Waals surface area contributed by atoms with Gasteiger partial charge in [-0.2, -0.15) is 0 Å². The van der Waals surface area contributed by atoms with Gasteiger partial charge >= 0.3 is 6.47 Å². The molecule has 1 radical (unpaired) electrons. The number of carbonyl (C=O) groups excluding carboxylic acids is 1. The summed E-state index contributed by atoms with van der Waals surface area (Å²) in [6.45, 7) is 1.49. The molecule has 1 aromatic carbocycles. The van der Waals surface area contributed by atoms with Crippen molar-refractivity contribution in [3.05, 3.63) is 33.6 Å². The summed E-state index contributed by atoms with van der Waals surface area (Å²) in [6.07, 6.45) is 0. The summed E-state index contributed by atoms with van der Waals surface area (Å²) >= 11 is 2.21. The highest BCUT2D eigenvalue weighted by Gasteiger charge is 2.03. The molecule has 0 unspecified atom stereocenters. The van der Waals surface area contributed by atoms with Crippen LogP contribution in [0.4, 0.5) is 0 Å². The molecule has 0 amide bonds. The van der Waals surface area contributed by atoms with E-state index in [9.17, 15) is 4.79 Å². The second kappa shape index (κ2) is 4.00. The third kappa shape index (κ3) is 1.89. The normalized spacial score (nSPS) is 10.4. The maximum Gasteiger partial charge on any atom is 0.417 e. The molecule has 0 saturated carbocycles. The summed E-state index contributed by atoms with van der Waals surface area (Å²) < 4.78 is 11.0. The van der Waals surface area contributed by atoms with E-state index in [1.807, 2.05) is 24.3 Å². The summed E-state index contributed by atoms with van der Waals surface area (Å²) in [6, 6.07) is 7.75. The van der Waals surface area contributed by atoms with Crippen molar-refractivity contribution < 1.29 is 13.9 Å². The van der Waals surface area contributed by atoms with Crippen LogP contribution in [-0.2, 0) is 16.1 Å². The van der Waals surface area contributed by atoms with Crippen molar-refractivity contribution in [3.63, 3.8) is 0 Å². The molecule has 0 spiro atoms. The molecule has 0 aliphatic rings. The van der Waals surface area contributed by atoms with Gasteiger partial charge in [-0.1, -0.05) is 6.07 Å². The van der Waals surface area contributed by atoms with Crippen molar-refractivity contribution >= 4 is 40.0 Å². The standard InChI is InChI=1S/C10H6IO3/c11-8-2-1-7-3-9(5-13-6-12)14-10(7)4-8/h1-4H,5H2. The molecule has 0 atom stereocenters. The van der Waals surface area contributed by atoms with E-state index >= 15 is 0 Å². The Morgan fingerprint density at radius 3 is 3.07 bits per heavy atom. The molecule has 0 saturated heterocycles. The van der Waals surface area contributed by atoms with Gasteiger partial charge in [0, 0.05) is 8.96 Å². The predicted molar refractivity (Wildman–Crippen MR) is 59.4 cm³/mol. The van der Waals surface area contributed by atoms with E-state index < -0.39 is 0 Å². The van der Waals surface area contributed by atoms with Crippen LogP contribution in [0.5, 0.6) is 0 Å². The third-order valence-corrected chi connectivity index (χ3v) is 2.48. The fourth-order valence-corrected chi connectivity index (χ4v) is 1.69. The van der Waals surface area contributed by atoms with E-state index in [4.69, 9.17) is 4.42 Å². The molecular weight excluding hydrogens is 295 g/mol. The molecule has 2 aromatic rings. The lowest BCUT2D eigenvalue weighted by molar-refractivity contribution is 0.242. The Hall–Kier alpha value is -1.04. The first-order valence-corrected chi connectivity index (χ1v) is 5.04. The van der Waals surface area contributed by atoms with Crippen LogP contribution < -0.4 is 0 Å². The van der Waals surface area contributed by atoms with Crippen molar-refractivity contribution in [2.24, 2.45) is 0 Å². The first-order valence-electron chi connectivity index (χ1n) is 3.96. The Kier molecular flexibility index (Phi) is 2.72.